The van der Waals surface area contributed by atoms with Crippen molar-refractivity contribution in [1.82, 2.24) is 9.88 Å². The zero-order valence-electron chi connectivity index (χ0n) is 11.3. The number of rotatable bonds is 4. The molecule has 7 nitrogen and oxygen atoms in total. The highest BCUT2D eigenvalue weighted by Crippen LogP contribution is 2.32. The van der Waals surface area contributed by atoms with Crippen LogP contribution in [0.5, 0.6) is 0 Å². The zero-order valence-corrected chi connectivity index (χ0v) is 11.3. The van der Waals surface area contributed by atoms with Crippen molar-refractivity contribution in [2.75, 3.05) is 11.9 Å². The second-order valence-electron chi connectivity index (χ2n) is 5.40. The van der Waals surface area contributed by atoms with Crippen molar-refractivity contribution in [3.8, 4) is 0 Å². The van der Waals surface area contributed by atoms with Crippen LogP contribution in [0.4, 0.5) is 5.69 Å². The predicted molar refractivity (Wildman–Crippen MR) is 72.7 cm³/mol. The van der Waals surface area contributed by atoms with Gasteiger partial charge in [0, 0.05) is 19.0 Å². The number of carbonyl (C=O) groups is 3. The van der Waals surface area contributed by atoms with E-state index in [4.69, 9.17) is 5.11 Å². The highest BCUT2D eigenvalue weighted by Gasteiger charge is 2.41. The number of carboxylic acid groups (broad SMARTS) is 1. The van der Waals surface area contributed by atoms with E-state index in [1.165, 1.54) is 18.3 Å². The van der Waals surface area contributed by atoms with Gasteiger partial charge in [0.25, 0.3) is 0 Å². The van der Waals surface area contributed by atoms with Gasteiger partial charge in [-0.25, -0.2) is 9.78 Å². The second-order valence-corrected chi connectivity index (χ2v) is 5.40. The fourth-order valence-corrected chi connectivity index (χ4v) is 2.49. The Morgan fingerprint density at radius 3 is 2.67 bits per heavy atom. The van der Waals surface area contributed by atoms with E-state index in [2.05, 4.69) is 10.3 Å². The Morgan fingerprint density at radius 1 is 1.33 bits per heavy atom. The summed E-state index contributed by atoms with van der Waals surface area (Å²) in [6, 6.07) is 3.14. The minimum atomic E-state index is -1.12. The summed E-state index contributed by atoms with van der Waals surface area (Å²) in [4.78, 5) is 40.2. The molecule has 3 rings (SSSR count). The number of pyridine rings is 1. The molecule has 21 heavy (non-hydrogen) atoms. The van der Waals surface area contributed by atoms with Crippen molar-refractivity contribution in [2.24, 2.45) is 5.92 Å². The molecule has 1 aromatic rings. The van der Waals surface area contributed by atoms with Gasteiger partial charge in [-0.2, -0.15) is 0 Å². The molecule has 1 aliphatic heterocycles. The Kier molecular flexibility index (Phi) is 3.32. The third-order valence-corrected chi connectivity index (χ3v) is 3.77. The second kappa shape index (κ2) is 5.16. The molecule has 0 spiro atoms. The molecule has 0 aromatic carbocycles. The first-order valence-electron chi connectivity index (χ1n) is 6.84. The number of hydrogen-bond donors (Lipinski definition) is 2. The van der Waals surface area contributed by atoms with Gasteiger partial charge >= 0.3 is 5.97 Å². The molecule has 110 valence electrons. The molecule has 2 N–H and O–H groups in total. The maximum atomic E-state index is 12.1. The molecule has 1 saturated carbocycles. The smallest absolute Gasteiger partial charge is 0.354 e. The molecule has 2 fully saturated rings. The zero-order chi connectivity index (χ0) is 15.0. The highest BCUT2D eigenvalue weighted by molar-refractivity contribution is 5.97. The molecule has 1 unspecified atom stereocenters. The van der Waals surface area contributed by atoms with E-state index >= 15 is 0 Å². The number of nitrogens with one attached hydrogen (secondary N) is 1. The summed E-state index contributed by atoms with van der Waals surface area (Å²) < 4.78 is 0. The summed E-state index contributed by atoms with van der Waals surface area (Å²) in [5.74, 6) is -1.65. The summed E-state index contributed by atoms with van der Waals surface area (Å²) in [5.41, 5.74) is 0.353. The maximum absolute atomic E-state index is 12.1. The largest absolute Gasteiger partial charge is 0.477 e. The lowest BCUT2D eigenvalue weighted by Crippen LogP contribution is -2.29. The third kappa shape index (κ3) is 2.86. The molecule has 0 bridgehead atoms. The van der Waals surface area contributed by atoms with Crippen LogP contribution < -0.4 is 5.32 Å². The average Bonchev–Trinajstić information content (AvgIpc) is 3.22. The van der Waals surface area contributed by atoms with Crippen LogP contribution in [0.3, 0.4) is 0 Å². The Morgan fingerprint density at radius 2 is 2.10 bits per heavy atom. The SMILES string of the molecule is O=C(O)c1ccc(NC(=O)C2CC(=O)N(C3CC3)C2)cn1. The Balaban J connectivity index is 1.61. The minimum Gasteiger partial charge on any atom is -0.477 e. The number of carbonyl (C=O) groups excluding carboxylic acids is 2. The Labute approximate surface area is 121 Å². The molecule has 0 radical (unpaired) electrons. The average molecular weight is 289 g/mol. The maximum Gasteiger partial charge on any atom is 0.354 e. The Hall–Kier alpha value is -2.44. The van der Waals surface area contributed by atoms with E-state index in [-0.39, 0.29) is 29.8 Å². The van der Waals surface area contributed by atoms with Crippen molar-refractivity contribution in [2.45, 2.75) is 25.3 Å². The van der Waals surface area contributed by atoms with Gasteiger partial charge < -0.3 is 15.3 Å². The van der Waals surface area contributed by atoms with E-state index in [9.17, 15) is 14.4 Å². The van der Waals surface area contributed by atoms with Crippen LogP contribution in [-0.2, 0) is 9.59 Å². The monoisotopic (exact) mass is 289 g/mol. The summed E-state index contributed by atoms with van der Waals surface area (Å²) in [7, 11) is 0. The highest BCUT2D eigenvalue weighted by atomic mass is 16.4. The van der Waals surface area contributed by atoms with Crippen molar-refractivity contribution >= 4 is 23.5 Å². The van der Waals surface area contributed by atoms with Gasteiger partial charge in [-0.15, -0.1) is 0 Å². The quantitative estimate of drug-likeness (QED) is 0.851. The molecule has 2 aliphatic rings. The molecule has 1 atom stereocenters. The first kappa shape index (κ1) is 13.5. The number of aromatic nitrogens is 1. The fraction of sp³-hybridized carbons (Fsp3) is 0.429. The first-order valence-corrected chi connectivity index (χ1v) is 6.84. The summed E-state index contributed by atoms with van der Waals surface area (Å²) in [6.07, 6.45) is 3.60. The minimum absolute atomic E-state index is 0.0389. The van der Waals surface area contributed by atoms with Crippen LogP contribution in [0, 0.1) is 5.92 Å². The third-order valence-electron chi connectivity index (χ3n) is 3.77. The molecular weight excluding hydrogens is 274 g/mol. The van der Waals surface area contributed by atoms with E-state index in [1.807, 2.05) is 0 Å². The van der Waals surface area contributed by atoms with E-state index in [1.54, 1.807) is 4.90 Å². The predicted octanol–water partition coefficient (Wildman–Crippen LogP) is 0.729. The number of aromatic carboxylic acids is 1. The van der Waals surface area contributed by atoms with Crippen LogP contribution in [0.25, 0.3) is 0 Å². The van der Waals surface area contributed by atoms with Crippen LogP contribution in [0.1, 0.15) is 29.8 Å². The van der Waals surface area contributed by atoms with Crippen LogP contribution in [0.15, 0.2) is 18.3 Å². The van der Waals surface area contributed by atoms with Crippen LogP contribution in [-0.4, -0.2) is 45.4 Å². The van der Waals surface area contributed by atoms with Crippen LogP contribution in [0.2, 0.25) is 0 Å². The van der Waals surface area contributed by atoms with Gasteiger partial charge in [0.05, 0.1) is 17.8 Å². The van der Waals surface area contributed by atoms with Crippen molar-refractivity contribution in [3.05, 3.63) is 24.0 Å². The number of amides is 2. The first-order chi connectivity index (χ1) is 10.0. The number of nitrogens with zero attached hydrogens (tertiary/aromatic N) is 2. The molecule has 2 amide bonds. The van der Waals surface area contributed by atoms with Gasteiger partial charge in [-0.05, 0) is 25.0 Å². The van der Waals surface area contributed by atoms with E-state index in [0.29, 0.717) is 18.3 Å². The number of anilines is 1. The summed E-state index contributed by atoms with van der Waals surface area (Å²) >= 11 is 0. The number of hydrogen-bond acceptors (Lipinski definition) is 4. The van der Waals surface area contributed by atoms with Crippen molar-refractivity contribution < 1.29 is 19.5 Å². The lowest BCUT2D eigenvalue weighted by Gasteiger charge is -2.15. The van der Waals surface area contributed by atoms with Gasteiger partial charge in [-0.1, -0.05) is 0 Å². The van der Waals surface area contributed by atoms with Gasteiger partial charge in [0.2, 0.25) is 11.8 Å². The molecular formula is C14H15N3O4. The molecule has 1 aliphatic carbocycles. The van der Waals surface area contributed by atoms with Gasteiger partial charge in [-0.3, -0.25) is 9.59 Å². The van der Waals surface area contributed by atoms with Crippen molar-refractivity contribution in [3.63, 3.8) is 0 Å². The summed E-state index contributed by atoms with van der Waals surface area (Å²) in [6.45, 7) is 0.468. The standard InChI is InChI=1S/C14H15N3O4/c18-12-5-8(7-17(12)10-2-3-10)13(19)16-9-1-4-11(14(20)21)15-6-9/h1,4,6,8,10H,2-3,5,7H2,(H,16,19)(H,20,21). The normalized spacial score (nSPS) is 21.4. The van der Waals surface area contributed by atoms with E-state index in [0.717, 1.165) is 12.8 Å². The number of carboxylic acids is 1. The number of likely N-dealkylation sites (tertiary alicyclic amines) is 1. The lowest BCUT2D eigenvalue weighted by atomic mass is 10.1. The topological polar surface area (TPSA) is 99.6 Å². The lowest BCUT2D eigenvalue weighted by molar-refractivity contribution is -0.128. The van der Waals surface area contributed by atoms with E-state index < -0.39 is 5.97 Å². The van der Waals surface area contributed by atoms with Gasteiger partial charge in [0.1, 0.15) is 5.69 Å². The fourth-order valence-electron chi connectivity index (χ4n) is 2.49. The summed E-state index contributed by atoms with van der Waals surface area (Å²) in [5, 5.41) is 11.4. The molecule has 1 saturated heterocycles. The molecule has 2 heterocycles. The van der Waals surface area contributed by atoms with Crippen molar-refractivity contribution in [1.29, 1.82) is 0 Å². The van der Waals surface area contributed by atoms with Crippen LogP contribution >= 0.6 is 0 Å². The van der Waals surface area contributed by atoms with Gasteiger partial charge in [0.15, 0.2) is 0 Å². The molecule has 7 heteroatoms. The molecule has 1 aromatic heterocycles. The Bertz CT molecular complexity index is 595.